The summed E-state index contributed by atoms with van der Waals surface area (Å²) in [7, 11) is 0. The Labute approximate surface area is 240 Å². The van der Waals surface area contributed by atoms with E-state index < -0.39 is 17.9 Å². The first-order valence-corrected chi connectivity index (χ1v) is 13.1. The summed E-state index contributed by atoms with van der Waals surface area (Å²) in [5.74, 6) is -2.16. The van der Waals surface area contributed by atoms with E-state index in [2.05, 4.69) is 15.6 Å². The second-order valence-corrected chi connectivity index (χ2v) is 10.0. The third kappa shape index (κ3) is 6.10. The molecule has 3 amide bonds. The Hall–Kier alpha value is -5.02. The minimum Gasteiger partial charge on any atom is -0.478 e. The molecule has 0 saturated heterocycles. The highest BCUT2D eigenvalue weighted by Gasteiger charge is 2.36. The van der Waals surface area contributed by atoms with Crippen LogP contribution in [0, 0.1) is 0 Å². The largest absolute Gasteiger partial charge is 0.478 e. The predicted octanol–water partition coefficient (Wildman–Crippen LogP) is 5.26. The van der Waals surface area contributed by atoms with Crippen molar-refractivity contribution in [2.24, 2.45) is 0 Å². The van der Waals surface area contributed by atoms with Crippen LogP contribution in [0.25, 0.3) is 11.1 Å². The standard InChI is InChI=1S/C31H25ClN4O5/c1-18(37)34-23-7-4-5-20(14-23)26-13-19(8-10-24(26)31(40)41)17-36-28(16-22-6-2-3-12-33-22)29(38)35-27-15-21(32)9-11-25(27)30(36)39/h2-15,28H,16-17H2,1H3,(H,34,37)(H,35,38)(H,40,41)/t28-/m1/s1. The second kappa shape index (κ2) is 11.6. The lowest BCUT2D eigenvalue weighted by atomic mass is 9.96. The number of fused-ring (bicyclic) bond motifs is 1. The Morgan fingerprint density at radius 2 is 1.83 bits per heavy atom. The van der Waals surface area contributed by atoms with Crippen LogP contribution in [0.1, 0.15) is 38.9 Å². The number of nitrogens with zero attached hydrogens (tertiary/aromatic N) is 2. The lowest BCUT2D eigenvalue weighted by Gasteiger charge is -2.29. The molecule has 1 aromatic heterocycles. The summed E-state index contributed by atoms with van der Waals surface area (Å²) in [6, 6.07) is 20.8. The molecule has 0 spiro atoms. The number of carboxylic acids is 1. The van der Waals surface area contributed by atoms with E-state index in [1.54, 1.807) is 66.9 Å². The van der Waals surface area contributed by atoms with Crippen LogP contribution in [0.4, 0.5) is 11.4 Å². The van der Waals surface area contributed by atoms with Crippen molar-refractivity contribution in [1.82, 2.24) is 9.88 Å². The predicted molar refractivity (Wildman–Crippen MR) is 155 cm³/mol. The minimum atomic E-state index is -1.12. The van der Waals surface area contributed by atoms with Crippen LogP contribution in [-0.4, -0.2) is 44.7 Å². The fraction of sp³-hybridized carbons (Fsp3) is 0.129. The van der Waals surface area contributed by atoms with E-state index in [4.69, 9.17) is 11.6 Å². The average Bonchev–Trinajstić information content (AvgIpc) is 3.03. The number of aromatic nitrogens is 1. The highest BCUT2D eigenvalue weighted by molar-refractivity contribution is 6.31. The molecular weight excluding hydrogens is 544 g/mol. The molecule has 10 heteroatoms. The summed E-state index contributed by atoms with van der Waals surface area (Å²) in [6.07, 6.45) is 1.79. The van der Waals surface area contributed by atoms with Crippen molar-refractivity contribution in [2.75, 3.05) is 10.6 Å². The number of amides is 3. The van der Waals surface area contributed by atoms with E-state index in [1.807, 2.05) is 6.07 Å². The summed E-state index contributed by atoms with van der Waals surface area (Å²) in [5.41, 5.74) is 3.39. The van der Waals surface area contributed by atoms with E-state index in [0.29, 0.717) is 38.8 Å². The minimum absolute atomic E-state index is 0.0180. The fourth-order valence-electron chi connectivity index (χ4n) is 4.84. The first-order chi connectivity index (χ1) is 19.7. The summed E-state index contributed by atoms with van der Waals surface area (Å²) < 4.78 is 0. The lowest BCUT2D eigenvalue weighted by Crippen LogP contribution is -2.46. The molecule has 1 aliphatic rings. The number of carbonyl (C=O) groups is 4. The van der Waals surface area contributed by atoms with Gasteiger partial charge in [-0.2, -0.15) is 0 Å². The molecule has 2 heterocycles. The van der Waals surface area contributed by atoms with Gasteiger partial charge < -0.3 is 20.6 Å². The molecule has 0 unspecified atom stereocenters. The van der Waals surface area contributed by atoms with Crippen LogP contribution >= 0.6 is 11.6 Å². The molecule has 9 nitrogen and oxygen atoms in total. The van der Waals surface area contributed by atoms with Gasteiger partial charge in [-0.25, -0.2) is 4.79 Å². The lowest BCUT2D eigenvalue weighted by molar-refractivity contribution is -0.120. The molecule has 3 aromatic carbocycles. The van der Waals surface area contributed by atoms with Crippen molar-refractivity contribution < 1.29 is 24.3 Å². The maximum absolute atomic E-state index is 13.9. The fourth-order valence-corrected chi connectivity index (χ4v) is 5.01. The van der Waals surface area contributed by atoms with E-state index in [1.165, 1.54) is 24.0 Å². The van der Waals surface area contributed by atoms with Crippen LogP contribution in [0.5, 0.6) is 0 Å². The number of rotatable bonds is 7. The van der Waals surface area contributed by atoms with Gasteiger partial charge in [0.1, 0.15) is 6.04 Å². The Balaban J connectivity index is 1.57. The zero-order valence-corrected chi connectivity index (χ0v) is 22.7. The maximum atomic E-state index is 13.9. The van der Waals surface area contributed by atoms with Crippen molar-refractivity contribution in [3.8, 4) is 11.1 Å². The van der Waals surface area contributed by atoms with Crippen LogP contribution in [0.15, 0.2) is 85.1 Å². The van der Waals surface area contributed by atoms with Crippen LogP contribution in [0.3, 0.4) is 0 Å². The van der Waals surface area contributed by atoms with E-state index in [9.17, 15) is 24.3 Å². The topological polar surface area (TPSA) is 129 Å². The van der Waals surface area contributed by atoms with Gasteiger partial charge in [0.15, 0.2) is 0 Å². The van der Waals surface area contributed by atoms with Crippen molar-refractivity contribution in [3.05, 3.63) is 112 Å². The van der Waals surface area contributed by atoms with Gasteiger partial charge in [0.05, 0.1) is 16.8 Å². The molecule has 0 radical (unpaired) electrons. The number of halogens is 1. The zero-order valence-electron chi connectivity index (χ0n) is 21.9. The van der Waals surface area contributed by atoms with Gasteiger partial charge in [-0.1, -0.05) is 35.9 Å². The third-order valence-electron chi connectivity index (χ3n) is 6.70. The van der Waals surface area contributed by atoms with E-state index in [-0.39, 0.29) is 35.9 Å². The Morgan fingerprint density at radius 3 is 2.56 bits per heavy atom. The number of benzene rings is 3. The number of hydrogen-bond acceptors (Lipinski definition) is 5. The normalized spacial score (nSPS) is 14.6. The van der Waals surface area contributed by atoms with Crippen LogP contribution < -0.4 is 10.6 Å². The molecule has 3 N–H and O–H groups in total. The van der Waals surface area contributed by atoms with Gasteiger partial charge in [0.25, 0.3) is 5.91 Å². The molecule has 1 atom stereocenters. The number of pyridine rings is 1. The maximum Gasteiger partial charge on any atom is 0.336 e. The third-order valence-corrected chi connectivity index (χ3v) is 6.93. The summed E-state index contributed by atoms with van der Waals surface area (Å²) in [4.78, 5) is 56.9. The summed E-state index contributed by atoms with van der Waals surface area (Å²) >= 11 is 6.16. The molecule has 0 saturated carbocycles. The van der Waals surface area contributed by atoms with Gasteiger partial charge in [-0.3, -0.25) is 19.4 Å². The molecule has 0 aliphatic carbocycles. The van der Waals surface area contributed by atoms with Crippen molar-refractivity contribution in [2.45, 2.75) is 25.9 Å². The summed E-state index contributed by atoms with van der Waals surface area (Å²) in [6.45, 7) is 1.40. The number of carbonyl (C=O) groups excluding carboxylic acids is 3. The van der Waals surface area contributed by atoms with Gasteiger partial charge >= 0.3 is 5.97 Å². The van der Waals surface area contributed by atoms with E-state index in [0.717, 1.165) is 0 Å². The first kappa shape index (κ1) is 27.5. The number of hydrogen-bond donors (Lipinski definition) is 3. The number of carboxylic acid groups (broad SMARTS) is 1. The SMILES string of the molecule is CC(=O)Nc1cccc(-c2cc(CN3C(=O)c4ccc(Cl)cc4NC(=O)[C@H]3Cc3ccccn3)ccc2C(=O)O)c1. The average molecular weight is 569 g/mol. The van der Waals surface area contributed by atoms with Crippen LogP contribution in [-0.2, 0) is 22.6 Å². The highest BCUT2D eigenvalue weighted by Crippen LogP contribution is 2.31. The van der Waals surface area contributed by atoms with Crippen LogP contribution in [0.2, 0.25) is 5.02 Å². The number of nitrogens with one attached hydrogen (secondary N) is 2. The van der Waals surface area contributed by atoms with E-state index >= 15 is 0 Å². The molecule has 0 fully saturated rings. The van der Waals surface area contributed by atoms with Gasteiger partial charge in [-0.15, -0.1) is 0 Å². The van der Waals surface area contributed by atoms with Gasteiger partial charge in [0.2, 0.25) is 11.8 Å². The Kier molecular flexibility index (Phi) is 7.80. The molecule has 5 rings (SSSR count). The highest BCUT2D eigenvalue weighted by atomic mass is 35.5. The van der Waals surface area contributed by atoms with Crippen molar-refractivity contribution >= 4 is 46.7 Å². The first-order valence-electron chi connectivity index (χ1n) is 12.7. The second-order valence-electron chi connectivity index (χ2n) is 9.60. The van der Waals surface area contributed by atoms with Crippen molar-refractivity contribution in [1.29, 1.82) is 0 Å². The molecule has 0 bridgehead atoms. The van der Waals surface area contributed by atoms with Crippen molar-refractivity contribution in [3.63, 3.8) is 0 Å². The Morgan fingerprint density at radius 1 is 1.00 bits per heavy atom. The quantitative estimate of drug-likeness (QED) is 0.279. The molecule has 41 heavy (non-hydrogen) atoms. The number of aromatic carboxylic acids is 1. The van der Waals surface area contributed by atoms with Gasteiger partial charge in [0, 0.05) is 42.5 Å². The monoisotopic (exact) mass is 568 g/mol. The summed E-state index contributed by atoms with van der Waals surface area (Å²) in [5, 5.41) is 15.8. The Bertz CT molecular complexity index is 1670. The molecular formula is C31H25ClN4O5. The molecule has 1 aliphatic heterocycles. The smallest absolute Gasteiger partial charge is 0.336 e. The van der Waals surface area contributed by atoms with Gasteiger partial charge in [-0.05, 0) is 71.3 Å². The zero-order chi connectivity index (χ0) is 29.1. The number of anilines is 2. The molecule has 206 valence electrons. The molecule has 4 aromatic rings.